The van der Waals surface area contributed by atoms with Gasteiger partial charge in [0.2, 0.25) is 17.7 Å². The molecular formula is C60H62Cl3F10N21O4. The van der Waals surface area contributed by atoms with Crippen molar-refractivity contribution in [2.45, 2.75) is 75.2 Å². The van der Waals surface area contributed by atoms with E-state index in [-0.39, 0.29) is 63.2 Å². The van der Waals surface area contributed by atoms with Crippen LogP contribution in [0.15, 0.2) is 91.9 Å². The molecule has 38 heteroatoms. The molecule has 25 nitrogen and oxygen atoms in total. The number of H-pyrrole nitrogens is 3. The molecule has 11 rings (SSSR count). The number of aromatic nitrogens is 12. The molecule has 9 N–H and O–H groups in total. The lowest BCUT2D eigenvalue weighted by molar-refractivity contribution is -0.139. The number of benzene rings is 1. The maximum absolute atomic E-state index is 14.3. The highest BCUT2D eigenvalue weighted by Crippen LogP contribution is 2.35. The molecule has 10 aromatic rings. The normalized spacial score (nSPS) is 13.7. The van der Waals surface area contributed by atoms with E-state index in [1.807, 2.05) is 16.7 Å². The summed E-state index contributed by atoms with van der Waals surface area (Å²) >= 11 is 18.1. The molecule has 0 unspecified atom stereocenters. The fourth-order valence-corrected chi connectivity index (χ4v) is 10.3. The van der Waals surface area contributed by atoms with E-state index in [9.17, 15) is 63.1 Å². The van der Waals surface area contributed by atoms with Gasteiger partial charge in [-0.2, -0.15) is 50.0 Å². The molecule has 10 heterocycles. The zero-order valence-corrected chi connectivity index (χ0v) is 52.6. The Morgan fingerprint density at radius 1 is 0.612 bits per heavy atom. The standard InChI is InChI=1S/C22H17ClF3N7O.C20H19ClF3N7O2.C18H14ClF4N7O.6H2/c23-12-8-14-15(10-29-18(14)28-9-12)20-31-16-5-2-1-4-13(16)19(33-20)32-17(6-3-7-27)21(34)30-11-22(24,25)26;1-25-18(32)13-6-15(31-4-2-3-14(31)19(33)28-9-20(22,23)24)30-17(29-13)12-8-27-16-11(12)5-10(21)7-26-16;19-9-4-10-11(6-26-14(10)25-5-9)15-27-7-12(20)16(30-15)29-13(2-1-3-24)17(31)28-8-18(21,22)23;;;;;;/h1-2,4-5,8-10,17H,3,6,11H2,(H,28,29)(H,30,34)(H,31,32,33);5-8,14H,2-4,9H2,1H3,(H,25,32)(H,26,27)(H,28,33);4-7,13H,1-2,8H2,(H,25,26)(H,28,31)(H,27,29,30);6*1H/t17-;14-;13-;;;;;;/m010....../s1. The van der Waals surface area contributed by atoms with Crippen LogP contribution in [0.4, 0.5) is 61.4 Å². The van der Waals surface area contributed by atoms with Crippen molar-refractivity contribution in [3.63, 3.8) is 0 Å². The Kier molecular flexibility index (Phi) is 22.6. The van der Waals surface area contributed by atoms with E-state index in [0.717, 1.165) is 6.20 Å². The summed E-state index contributed by atoms with van der Waals surface area (Å²) in [6, 6.07) is 13.8. The van der Waals surface area contributed by atoms with Crippen LogP contribution in [0.5, 0.6) is 0 Å². The molecule has 4 amide bonds. The van der Waals surface area contributed by atoms with Crippen LogP contribution in [0.1, 0.15) is 57.6 Å². The van der Waals surface area contributed by atoms with E-state index < -0.39 is 91.6 Å². The lowest BCUT2D eigenvalue weighted by Crippen LogP contribution is -2.46. The maximum atomic E-state index is 14.3. The number of para-hydroxylation sites is 1. The average molecular weight is 1440 g/mol. The van der Waals surface area contributed by atoms with Crippen LogP contribution >= 0.6 is 34.8 Å². The first kappa shape index (κ1) is 71.5. The van der Waals surface area contributed by atoms with Gasteiger partial charge in [-0.15, -0.1) is 0 Å². The van der Waals surface area contributed by atoms with Crippen LogP contribution in [0.3, 0.4) is 0 Å². The van der Waals surface area contributed by atoms with Crippen LogP contribution in [0.2, 0.25) is 15.1 Å². The summed E-state index contributed by atoms with van der Waals surface area (Å²) in [6.45, 7) is -4.07. The molecule has 0 bridgehead atoms. The number of nitrogens with zero attached hydrogens (tertiary/aromatic N) is 12. The number of halogens is 13. The zero-order chi connectivity index (χ0) is 70.6. The number of rotatable bonds is 19. The van der Waals surface area contributed by atoms with E-state index in [1.165, 1.54) is 37.9 Å². The van der Waals surface area contributed by atoms with Gasteiger partial charge in [0.05, 0.1) is 38.9 Å². The van der Waals surface area contributed by atoms with Crippen LogP contribution in [-0.4, -0.2) is 153 Å². The average Bonchev–Trinajstić information content (AvgIpc) is 1.55. The Bertz CT molecular complexity index is 4700. The molecule has 0 saturated carbocycles. The largest absolute Gasteiger partial charge is 0.405 e. The Balaban J connectivity index is 0.000000394. The van der Waals surface area contributed by atoms with Crippen molar-refractivity contribution in [3.05, 3.63) is 118 Å². The van der Waals surface area contributed by atoms with E-state index >= 15 is 0 Å². The van der Waals surface area contributed by atoms with Gasteiger partial charge in [-0.3, -0.25) is 19.2 Å². The summed E-state index contributed by atoms with van der Waals surface area (Å²) < 4.78 is 127. The van der Waals surface area contributed by atoms with Crippen LogP contribution < -0.4 is 36.8 Å². The number of hydrogen-bond acceptors (Lipinski definition) is 18. The first-order valence-corrected chi connectivity index (χ1v) is 30.1. The van der Waals surface area contributed by atoms with Gasteiger partial charge in [0, 0.05) is 116 Å². The molecule has 1 aliphatic rings. The molecule has 0 radical (unpaired) electrons. The maximum Gasteiger partial charge on any atom is 0.405 e. The SMILES string of the molecule is CNC(=O)c1cc(N2CCC[C@@H]2C(=O)NCC(F)(F)F)nc(-c2c[nH]c3ncc(Cl)cc23)n1.N#CCC[C@H](Nc1nc(-c2c[nH]c3ncc(Cl)cc23)nc2ccccc12)C(=O)NCC(F)(F)F.N#CCC[C@H](Nc1nc(-c2c[nH]c3ncc(Cl)cc23)ncc1F)C(=O)NCC(F)(F)F.[HH].[HH].[HH].[HH].[HH].[HH]. The van der Waals surface area contributed by atoms with Gasteiger partial charge < -0.3 is 51.8 Å². The van der Waals surface area contributed by atoms with Crippen LogP contribution in [-0.2, 0) is 14.4 Å². The Morgan fingerprint density at radius 3 is 1.58 bits per heavy atom. The Morgan fingerprint density at radius 2 is 1.08 bits per heavy atom. The van der Waals surface area contributed by atoms with Gasteiger partial charge in [0.25, 0.3) is 5.91 Å². The quantitative estimate of drug-likeness (QED) is 0.0340. The summed E-state index contributed by atoms with van der Waals surface area (Å²) in [5.74, 6) is -3.45. The van der Waals surface area contributed by atoms with Crippen LogP contribution in [0.25, 0.3) is 78.2 Å². The van der Waals surface area contributed by atoms with E-state index in [4.69, 9.17) is 45.3 Å². The molecular weight excluding hydrogens is 1380 g/mol. The smallest absolute Gasteiger partial charge is 0.358 e. The highest BCUT2D eigenvalue weighted by atomic mass is 35.5. The first-order valence-electron chi connectivity index (χ1n) is 29.0. The fraction of sp³-hybridized carbons (Fsp3) is 0.283. The number of nitriles is 2. The number of hydrogen-bond donors (Lipinski definition) is 9. The van der Waals surface area contributed by atoms with Crippen molar-refractivity contribution in [2.24, 2.45) is 0 Å². The number of carbonyl (C=O) groups is 4. The number of pyridine rings is 3. The predicted molar refractivity (Wildman–Crippen MR) is 352 cm³/mol. The third-order valence-corrected chi connectivity index (χ3v) is 14.9. The number of alkyl halides is 9. The van der Waals surface area contributed by atoms with Gasteiger partial charge in [-0.25, -0.2) is 49.2 Å². The number of anilines is 3. The summed E-state index contributed by atoms with van der Waals surface area (Å²) in [6.07, 6.45) is -3.04. The molecule has 0 aliphatic carbocycles. The predicted octanol–water partition coefficient (Wildman–Crippen LogP) is 12.3. The number of nitrogens with one attached hydrogen (secondary N) is 9. The molecule has 1 aromatic carbocycles. The molecule has 1 aliphatic heterocycles. The minimum Gasteiger partial charge on any atom is -0.358 e. The van der Waals surface area contributed by atoms with E-state index in [1.54, 1.807) is 71.1 Å². The lowest BCUT2D eigenvalue weighted by atomic mass is 10.1. The molecule has 0 spiro atoms. The highest BCUT2D eigenvalue weighted by Gasteiger charge is 2.37. The highest BCUT2D eigenvalue weighted by molar-refractivity contribution is 6.32. The van der Waals surface area contributed by atoms with Crippen molar-refractivity contribution in [2.75, 3.05) is 48.8 Å². The fourth-order valence-electron chi connectivity index (χ4n) is 9.87. The van der Waals surface area contributed by atoms with Crippen molar-refractivity contribution in [1.82, 2.24) is 81.1 Å². The lowest BCUT2D eigenvalue weighted by Gasteiger charge is -2.25. The minimum atomic E-state index is -4.62. The van der Waals surface area contributed by atoms with Crippen molar-refractivity contribution >= 4 is 120 Å². The molecule has 3 atom stereocenters. The summed E-state index contributed by atoms with van der Waals surface area (Å²) in [5, 5.41) is 34.7. The first-order chi connectivity index (χ1) is 46.6. The number of amides is 4. The second-order valence-electron chi connectivity index (χ2n) is 21.2. The van der Waals surface area contributed by atoms with Gasteiger partial charge in [-0.1, -0.05) is 46.9 Å². The summed E-state index contributed by atoms with van der Waals surface area (Å²) in [7, 11) is 1.45. The van der Waals surface area contributed by atoms with Crippen molar-refractivity contribution in [1.29, 1.82) is 10.5 Å². The molecule has 9 aromatic heterocycles. The van der Waals surface area contributed by atoms with Crippen molar-refractivity contribution in [3.8, 4) is 46.3 Å². The molecule has 1 fully saturated rings. The van der Waals surface area contributed by atoms with Gasteiger partial charge in [0.1, 0.15) is 72.0 Å². The molecule has 1 saturated heterocycles. The summed E-state index contributed by atoms with van der Waals surface area (Å²) in [5.41, 5.74) is 3.78. The third-order valence-electron chi connectivity index (χ3n) is 14.3. The van der Waals surface area contributed by atoms with E-state index in [2.05, 4.69) is 75.8 Å². The zero-order valence-electron chi connectivity index (χ0n) is 50.4. The Hall–Kier alpha value is -10.8. The number of aromatic amines is 3. The second-order valence-corrected chi connectivity index (χ2v) is 22.5. The van der Waals surface area contributed by atoms with Crippen molar-refractivity contribution < 1.29 is 71.6 Å². The summed E-state index contributed by atoms with van der Waals surface area (Å²) in [4.78, 5) is 98.6. The van der Waals surface area contributed by atoms with Crippen LogP contribution in [0, 0.1) is 28.5 Å². The van der Waals surface area contributed by atoms with Gasteiger partial charge >= 0.3 is 18.5 Å². The number of carbonyl (C=O) groups excluding carboxylic acids is 4. The van der Waals surface area contributed by atoms with Gasteiger partial charge in [-0.05, 0) is 56.0 Å². The molecule has 522 valence electrons. The molecule has 98 heavy (non-hydrogen) atoms. The van der Waals surface area contributed by atoms with Gasteiger partial charge in [0.15, 0.2) is 29.1 Å². The number of fused-ring (bicyclic) bond motifs is 4. The second kappa shape index (κ2) is 31.0. The third kappa shape index (κ3) is 18.4. The Labute approximate surface area is 569 Å². The van der Waals surface area contributed by atoms with E-state index in [0.29, 0.717) is 101 Å². The minimum absolute atomic E-state index is 0. The topological polar surface area (TPSA) is 355 Å². The monoisotopic (exact) mass is 1440 g/mol.